The fraction of sp³-hybridized carbons (Fsp3) is 0.0588. The summed E-state index contributed by atoms with van der Waals surface area (Å²) in [4.78, 5) is 4.40. The molecule has 0 bridgehead atoms. The Balaban J connectivity index is 2.07. The molecule has 24 heavy (non-hydrogen) atoms. The van der Waals surface area contributed by atoms with Gasteiger partial charge in [0.25, 0.3) is 0 Å². The number of hydrogen-bond donors (Lipinski definition) is 0. The van der Waals surface area contributed by atoms with Gasteiger partial charge in [0.15, 0.2) is 0 Å². The minimum Gasteiger partial charge on any atom is -0.360 e. The second kappa shape index (κ2) is 7.16. The molecule has 0 saturated heterocycles. The Morgan fingerprint density at radius 2 is 1.62 bits per heavy atom. The predicted octanol–water partition coefficient (Wildman–Crippen LogP) is 7.01. The third-order valence-electron chi connectivity index (χ3n) is 3.30. The van der Waals surface area contributed by atoms with Crippen LogP contribution in [0, 0.1) is 6.92 Å². The van der Waals surface area contributed by atoms with E-state index < -0.39 is 0 Å². The monoisotopic (exact) mass is 398 g/mol. The Hall–Kier alpha value is -1.52. The van der Waals surface area contributed by atoms with Crippen LogP contribution in [0.25, 0.3) is 11.3 Å². The zero-order chi connectivity index (χ0) is 17.3. The molecule has 3 aromatic rings. The molecular weight excluding hydrogens is 390 g/mol. The molecule has 3 nitrogen and oxygen atoms in total. The number of aromatic nitrogens is 1. The van der Waals surface area contributed by atoms with E-state index in [1.807, 2.05) is 0 Å². The molecule has 0 radical (unpaired) electrons. The highest BCUT2D eigenvalue weighted by atomic mass is 35.5. The number of rotatable bonds is 3. The maximum Gasteiger partial charge on any atom is 0.143 e. The highest BCUT2D eigenvalue weighted by molar-refractivity contribution is 6.39. The van der Waals surface area contributed by atoms with E-state index in [9.17, 15) is 0 Å². The zero-order valence-corrected chi connectivity index (χ0v) is 15.4. The zero-order valence-electron chi connectivity index (χ0n) is 12.4. The number of benzene rings is 2. The minimum absolute atomic E-state index is 0.483. The number of aryl methyl sites for hydroxylation is 1. The van der Waals surface area contributed by atoms with Gasteiger partial charge in [0.05, 0.1) is 21.3 Å². The lowest BCUT2D eigenvalue weighted by atomic mass is 10.1. The van der Waals surface area contributed by atoms with Gasteiger partial charge in [-0.25, -0.2) is 0 Å². The molecule has 7 heteroatoms. The molecular formula is C17H10Cl4N2O. The van der Waals surface area contributed by atoms with Crippen molar-refractivity contribution in [2.75, 3.05) is 0 Å². The number of nitrogens with zero attached hydrogens (tertiary/aromatic N) is 2. The molecule has 0 aliphatic carbocycles. The van der Waals surface area contributed by atoms with E-state index in [2.05, 4.69) is 10.1 Å². The molecule has 0 aliphatic heterocycles. The van der Waals surface area contributed by atoms with Gasteiger partial charge in [0, 0.05) is 21.8 Å². The van der Waals surface area contributed by atoms with Gasteiger partial charge in [-0.05, 0) is 37.3 Å². The van der Waals surface area contributed by atoms with Gasteiger partial charge in [0.2, 0.25) is 0 Å². The van der Waals surface area contributed by atoms with Crippen LogP contribution in [0.1, 0.15) is 11.3 Å². The highest BCUT2D eigenvalue weighted by Gasteiger charge is 2.18. The average Bonchev–Trinajstić information content (AvgIpc) is 2.85. The van der Waals surface area contributed by atoms with Crippen molar-refractivity contribution in [3.8, 4) is 11.3 Å². The van der Waals surface area contributed by atoms with Crippen molar-refractivity contribution in [1.82, 2.24) is 5.16 Å². The van der Waals surface area contributed by atoms with Gasteiger partial charge in [0.1, 0.15) is 11.5 Å². The SMILES string of the molecule is Cc1onc(-c2c(Cl)cccc2Cl)c1C=Nc1cc(Cl)cc(Cl)c1. The fourth-order valence-corrected chi connectivity index (χ4v) is 3.28. The molecule has 3 rings (SSSR count). The van der Waals surface area contributed by atoms with Crippen molar-refractivity contribution in [1.29, 1.82) is 0 Å². The molecule has 122 valence electrons. The summed E-state index contributed by atoms with van der Waals surface area (Å²) in [6, 6.07) is 10.3. The van der Waals surface area contributed by atoms with Gasteiger partial charge < -0.3 is 4.52 Å². The van der Waals surface area contributed by atoms with E-state index in [1.165, 1.54) is 0 Å². The Morgan fingerprint density at radius 3 is 2.25 bits per heavy atom. The predicted molar refractivity (Wildman–Crippen MR) is 100 cm³/mol. The summed E-state index contributed by atoms with van der Waals surface area (Å²) < 4.78 is 5.29. The summed E-state index contributed by atoms with van der Waals surface area (Å²) in [7, 11) is 0. The van der Waals surface area contributed by atoms with Gasteiger partial charge >= 0.3 is 0 Å². The molecule has 0 saturated carbocycles. The van der Waals surface area contributed by atoms with Crippen molar-refractivity contribution in [2.24, 2.45) is 4.99 Å². The van der Waals surface area contributed by atoms with Crippen LogP contribution in [0.3, 0.4) is 0 Å². The van der Waals surface area contributed by atoms with Crippen molar-refractivity contribution in [2.45, 2.75) is 6.92 Å². The molecule has 2 aromatic carbocycles. The molecule has 1 aromatic heterocycles. The van der Waals surface area contributed by atoms with E-state index in [4.69, 9.17) is 50.9 Å². The molecule has 0 N–H and O–H groups in total. The maximum absolute atomic E-state index is 6.26. The van der Waals surface area contributed by atoms with Gasteiger partial charge in [-0.3, -0.25) is 4.99 Å². The Bertz CT molecular complexity index is 894. The molecule has 0 aliphatic rings. The van der Waals surface area contributed by atoms with Crippen molar-refractivity contribution in [3.63, 3.8) is 0 Å². The van der Waals surface area contributed by atoms with Crippen LogP contribution < -0.4 is 0 Å². The van der Waals surface area contributed by atoms with E-state index in [0.717, 1.165) is 0 Å². The summed E-state index contributed by atoms with van der Waals surface area (Å²) >= 11 is 24.5. The highest BCUT2D eigenvalue weighted by Crippen LogP contribution is 2.36. The molecule has 0 amide bonds. The molecule has 0 unspecified atom stereocenters. The summed E-state index contributed by atoms with van der Waals surface area (Å²) in [5.41, 5.74) is 2.42. The van der Waals surface area contributed by atoms with Crippen LogP contribution in [0.2, 0.25) is 20.1 Å². The normalized spacial score (nSPS) is 11.4. The van der Waals surface area contributed by atoms with Gasteiger partial charge in [-0.1, -0.05) is 57.6 Å². The maximum atomic E-state index is 6.26. The third kappa shape index (κ3) is 3.60. The van der Waals surface area contributed by atoms with Crippen LogP contribution in [-0.2, 0) is 0 Å². The van der Waals surface area contributed by atoms with Crippen LogP contribution in [0.4, 0.5) is 5.69 Å². The Kier molecular flexibility index (Phi) is 5.16. The van der Waals surface area contributed by atoms with Crippen LogP contribution in [0.15, 0.2) is 45.9 Å². The second-order valence-electron chi connectivity index (χ2n) is 4.98. The van der Waals surface area contributed by atoms with E-state index in [0.29, 0.717) is 48.4 Å². The number of halogens is 4. The van der Waals surface area contributed by atoms with E-state index in [1.54, 1.807) is 49.5 Å². The minimum atomic E-state index is 0.483. The summed E-state index contributed by atoms with van der Waals surface area (Å²) in [6.45, 7) is 1.79. The van der Waals surface area contributed by atoms with Gasteiger partial charge in [-0.2, -0.15) is 0 Å². The fourth-order valence-electron chi connectivity index (χ4n) is 2.19. The Labute approximate surface area is 158 Å². The lowest BCUT2D eigenvalue weighted by Crippen LogP contribution is -1.89. The lowest BCUT2D eigenvalue weighted by molar-refractivity contribution is 0.399. The summed E-state index contributed by atoms with van der Waals surface area (Å²) in [6.07, 6.45) is 1.63. The largest absolute Gasteiger partial charge is 0.360 e. The number of aliphatic imine (C=N–C) groups is 1. The topological polar surface area (TPSA) is 38.4 Å². The molecule has 1 heterocycles. The first-order chi connectivity index (χ1) is 11.5. The quantitative estimate of drug-likeness (QED) is 0.444. The first-order valence-corrected chi connectivity index (χ1v) is 8.37. The first kappa shape index (κ1) is 17.3. The lowest BCUT2D eigenvalue weighted by Gasteiger charge is -2.04. The molecule has 0 atom stereocenters. The van der Waals surface area contributed by atoms with Crippen molar-refractivity contribution < 1.29 is 4.52 Å². The van der Waals surface area contributed by atoms with Crippen LogP contribution in [-0.4, -0.2) is 11.4 Å². The summed E-state index contributed by atoms with van der Waals surface area (Å²) in [5, 5.41) is 6.04. The van der Waals surface area contributed by atoms with Crippen molar-refractivity contribution >= 4 is 58.3 Å². The smallest absolute Gasteiger partial charge is 0.143 e. The average molecular weight is 400 g/mol. The van der Waals surface area contributed by atoms with Crippen molar-refractivity contribution in [3.05, 3.63) is 67.8 Å². The van der Waals surface area contributed by atoms with E-state index >= 15 is 0 Å². The second-order valence-corrected chi connectivity index (χ2v) is 6.67. The molecule has 0 fully saturated rings. The molecule has 0 spiro atoms. The first-order valence-electron chi connectivity index (χ1n) is 6.86. The third-order valence-corrected chi connectivity index (χ3v) is 4.36. The van der Waals surface area contributed by atoms with Gasteiger partial charge in [-0.15, -0.1) is 0 Å². The summed E-state index contributed by atoms with van der Waals surface area (Å²) in [5.74, 6) is 0.595. The van der Waals surface area contributed by atoms with Crippen LogP contribution >= 0.6 is 46.4 Å². The Morgan fingerprint density at radius 1 is 1.00 bits per heavy atom. The number of hydrogen-bond acceptors (Lipinski definition) is 3. The van der Waals surface area contributed by atoms with Crippen LogP contribution in [0.5, 0.6) is 0 Å². The van der Waals surface area contributed by atoms with E-state index in [-0.39, 0.29) is 0 Å². The standard InChI is InChI=1S/C17H10Cl4N2O/c1-9-13(8-22-12-6-10(18)5-11(19)7-12)17(23-24-9)16-14(20)3-2-4-15(16)21/h2-8H,1H3.